The van der Waals surface area contributed by atoms with Crippen LogP contribution in [0.1, 0.15) is 18.5 Å². The van der Waals surface area contributed by atoms with Crippen molar-refractivity contribution in [3.63, 3.8) is 0 Å². The molecule has 2 rings (SSSR count). The SMILES string of the molecule is CC(N)c1cccc(S(=O)(=O)NCCn2ccnn2)c1. The maximum atomic E-state index is 12.1. The van der Waals surface area contributed by atoms with E-state index in [-0.39, 0.29) is 17.5 Å². The zero-order valence-electron chi connectivity index (χ0n) is 11.1. The summed E-state index contributed by atoms with van der Waals surface area (Å²) in [6.45, 7) is 2.48. The Hall–Kier alpha value is -1.77. The van der Waals surface area contributed by atoms with Crippen LogP contribution in [0.25, 0.3) is 0 Å². The minimum atomic E-state index is -3.54. The van der Waals surface area contributed by atoms with Crippen LogP contribution in [0.2, 0.25) is 0 Å². The molecule has 108 valence electrons. The third-order valence-electron chi connectivity index (χ3n) is 2.80. The largest absolute Gasteiger partial charge is 0.324 e. The molecule has 1 aromatic carbocycles. The van der Waals surface area contributed by atoms with Crippen molar-refractivity contribution in [2.24, 2.45) is 5.73 Å². The molecule has 0 amide bonds. The van der Waals surface area contributed by atoms with Gasteiger partial charge in [0.1, 0.15) is 0 Å². The molecule has 0 bridgehead atoms. The van der Waals surface area contributed by atoms with E-state index < -0.39 is 10.0 Å². The van der Waals surface area contributed by atoms with E-state index in [4.69, 9.17) is 5.73 Å². The Morgan fingerprint density at radius 1 is 1.45 bits per heavy atom. The lowest BCUT2D eigenvalue weighted by Gasteiger charge is -2.10. The second-order valence-corrected chi connectivity index (χ2v) is 6.19. The molecule has 0 saturated carbocycles. The number of sulfonamides is 1. The van der Waals surface area contributed by atoms with Gasteiger partial charge in [0.15, 0.2) is 0 Å². The average molecular weight is 295 g/mol. The highest BCUT2D eigenvalue weighted by atomic mass is 32.2. The molecule has 1 aromatic heterocycles. The van der Waals surface area contributed by atoms with Crippen molar-refractivity contribution < 1.29 is 8.42 Å². The number of aromatic nitrogens is 3. The molecule has 2 aromatic rings. The molecule has 0 saturated heterocycles. The lowest BCUT2D eigenvalue weighted by atomic mass is 10.1. The van der Waals surface area contributed by atoms with Crippen molar-refractivity contribution in [1.29, 1.82) is 0 Å². The zero-order valence-corrected chi connectivity index (χ0v) is 11.9. The predicted molar refractivity (Wildman–Crippen MR) is 74.3 cm³/mol. The topological polar surface area (TPSA) is 103 Å². The summed E-state index contributed by atoms with van der Waals surface area (Å²) in [5, 5.41) is 7.41. The lowest BCUT2D eigenvalue weighted by Crippen LogP contribution is -2.27. The van der Waals surface area contributed by atoms with Crippen LogP contribution >= 0.6 is 0 Å². The van der Waals surface area contributed by atoms with Crippen LogP contribution in [-0.4, -0.2) is 30.0 Å². The smallest absolute Gasteiger partial charge is 0.240 e. The van der Waals surface area contributed by atoms with Crippen LogP contribution in [0.15, 0.2) is 41.6 Å². The van der Waals surface area contributed by atoms with Gasteiger partial charge >= 0.3 is 0 Å². The first kappa shape index (κ1) is 14.6. The lowest BCUT2D eigenvalue weighted by molar-refractivity contribution is 0.552. The number of nitrogens with two attached hydrogens (primary N) is 1. The molecule has 3 N–H and O–H groups in total. The van der Waals surface area contributed by atoms with Gasteiger partial charge in [0.05, 0.1) is 17.6 Å². The third-order valence-corrected chi connectivity index (χ3v) is 4.26. The van der Waals surface area contributed by atoms with Gasteiger partial charge < -0.3 is 5.73 Å². The molecule has 0 aliphatic carbocycles. The van der Waals surface area contributed by atoms with E-state index in [1.807, 2.05) is 6.92 Å². The molecule has 1 atom stereocenters. The highest BCUT2D eigenvalue weighted by Crippen LogP contribution is 2.15. The average Bonchev–Trinajstić information content (AvgIpc) is 2.92. The number of hydrogen-bond acceptors (Lipinski definition) is 5. The number of nitrogens with one attached hydrogen (secondary N) is 1. The van der Waals surface area contributed by atoms with E-state index in [9.17, 15) is 8.42 Å². The third kappa shape index (κ3) is 3.62. The summed E-state index contributed by atoms with van der Waals surface area (Å²) in [4.78, 5) is 0.214. The Kier molecular flexibility index (Phi) is 4.48. The maximum absolute atomic E-state index is 12.1. The molecular formula is C12H17N5O2S. The van der Waals surface area contributed by atoms with Crippen LogP contribution in [0, 0.1) is 0 Å². The van der Waals surface area contributed by atoms with Crippen molar-refractivity contribution in [3.05, 3.63) is 42.2 Å². The van der Waals surface area contributed by atoms with E-state index in [0.29, 0.717) is 6.54 Å². The first-order chi connectivity index (χ1) is 9.49. The van der Waals surface area contributed by atoms with Crippen LogP contribution in [0.3, 0.4) is 0 Å². The van der Waals surface area contributed by atoms with Gasteiger partial charge in [0, 0.05) is 18.8 Å². The Balaban J connectivity index is 2.04. The van der Waals surface area contributed by atoms with Gasteiger partial charge in [-0.25, -0.2) is 13.1 Å². The van der Waals surface area contributed by atoms with Crippen LogP contribution in [0.5, 0.6) is 0 Å². The number of benzene rings is 1. The van der Waals surface area contributed by atoms with Gasteiger partial charge in [-0.15, -0.1) is 5.10 Å². The minimum absolute atomic E-state index is 0.208. The second-order valence-electron chi connectivity index (χ2n) is 4.43. The van der Waals surface area contributed by atoms with Crippen molar-refractivity contribution in [1.82, 2.24) is 19.7 Å². The van der Waals surface area contributed by atoms with Crippen molar-refractivity contribution in [3.8, 4) is 0 Å². The fourth-order valence-electron chi connectivity index (χ4n) is 1.69. The van der Waals surface area contributed by atoms with E-state index >= 15 is 0 Å². The Morgan fingerprint density at radius 3 is 2.90 bits per heavy atom. The minimum Gasteiger partial charge on any atom is -0.324 e. The summed E-state index contributed by atoms with van der Waals surface area (Å²) in [5.74, 6) is 0. The molecule has 0 fully saturated rings. The number of hydrogen-bond donors (Lipinski definition) is 2. The van der Waals surface area contributed by atoms with Crippen molar-refractivity contribution in [2.45, 2.75) is 24.4 Å². The quantitative estimate of drug-likeness (QED) is 0.796. The van der Waals surface area contributed by atoms with E-state index in [1.54, 1.807) is 41.3 Å². The monoisotopic (exact) mass is 295 g/mol. The molecule has 20 heavy (non-hydrogen) atoms. The maximum Gasteiger partial charge on any atom is 0.240 e. The van der Waals surface area contributed by atoms with Crippen LogP contribution in [0.4, 0.5) is 0 Å². The van der Waals surface area contributed by atoms with Crippen molar-refractivity contribution >= 4 is 10.0 Å². The molecule has 1 unspecified atom stereocenters. The zero-order chi connectivity index (χ0) is 14.6. The molecule has 1 heterocycles. The molecule has 7 nitrogen and oxygen atoms in total. The summed E-state index contributed by atoms with van der Waals surface area (Å²) in [6.07, 6.45) is 3.21. The van der Waals surface area contributed by atoms with Gasteiger partial charge in [-0.3, -0.25) is 4.68 Å². The van der Waals surface area contributed by atoms with Gasteiger partial charge in [-0.2, -0.15) is 0 Å². The summed E-state index contributed by atoms with van der Waals surface area (Å²) in [5.41, 5.74) is 6.54. The molecule has 0 aliphatic rings. The normalized spacial score (nSPS) is 13.3. The fraction of sp³-hybridized carbons (Fsp3) is 0.333. The van der Waals surface area contributed by atoms with Gasteiger partial charge in [-0.05, 0) is 24.6 Å². The van der Waals surface area contributed by atoms with E-state index in [2.05, 4.69) is 15.0 Å². The second kappa shape index (κ2) is 6.12. The molecule has 0 radical (unpaired) electrons. The summed E-state index contributed by atoms with van der Waals surface area (Å²) < 4.78 is 28.4. The highest BCUT2D eigenvalue weighted by molar-refractivity contribution is 7.89. The fourth-order valence-corrected chi connectivity index (χ4v) is 2.77. The first-order valence-electron chi connectivity index (χ1n) is 6.18. The van der Waals surface area contributed by atoms with Gasteiger partial charge in [0.2, 0.25) is 10.0 Å². The number of rotatable bonds is 6. The Labute approximate surface area is 117 Å². The summed E-state index contributed by atoms with van der Waals surface area (Å²) >= 11 is 0. The van der Waals surface area contributed by atoms with Crippen LogP contribution in [-0.2, 0) is 16.6 Å². The standard InChI is InChI=1S/C12H17N5O2S/c1-10(13)11-3-2-4-12(9-11)20(18,19)15-6-8-17-7-5-14-16-17/h2-5,7,9-10,15H,6,8,13H2,1H3. The molecule has 0 aliphatic heterocycles. The highest BCUT2D eigenvalue weighted by Gasteiger charge is 2.14. The van der Waals surface area contributed by atoms with Gasteiger partial charge in [0.25, 0.3) is 0 Å². The van der Waals surface area contributed by atoms with E-state index in [0.717, 1.165) is 5.56 Å². The molecule has 8 heteroatoms. The van der Waals surface area contributed by atoms with Gasteiger partial charge in [-0.1, -0.05) is 17.3 Å². The number of nitrogens with zero attached hydrogens (tertiary/aromatic N) is 3. The molecular weight excluding hydrogens is 278 g/mol. The summed E-state index contributed by atoms with van der Waals surface area (Å²) in [6, 6.07) is 6.41. The van der Waals surface area contributed by atoms with E-state index in [1.165, 1.54) is 0 Å². The Bertz CT molecular complexity index is 652. The first-order valence-corrected chi connectivity index (χ1v) is 7.66. The Morgan fingerprint density at radius 2 is 2.25 bits per heavy atom. The van der Waals surface area contributed by atoms with Crippen molar-refractivity contribution in [2.75, 3.05) is 6.54 Å². The van der Waals surface area contributed by atoms with Crippen LogP contribution < -0.4 is 10.5 Å². The predicted octanol–water partition coefficient (Wildman–Crippen LogP) is 0.276. The molecule has 0 spiro atoms. The summed E-state index contributed by atoms with van der Waals surface area (Å²) in [7, 11) is -3.54.